The summed E-state index contributed by atoms with van der Waals surface area (Å²) in [5.41, 5.74) is 9.82. The number of benzene rings is 4. The van der Waals surface area contributed by atoms with Gasteiger partial charge in [-0.3, -0.25) is 4.79 Å². The van der Waals surface area contributed by atoms with E-state index in [4.69, 9.17) is 4.74 Å². The van der Waals surface area contributed by atoms with E-state index in [2.05, 4.69) is 15.6 Å². The van der Waals surface area contributed by atoms with Crippen LogP contribution < -0.4 is 10.2 Å². The minimum Gasteiger partial charge on any atom is -0.489 e. The van der Waals surface area contributed by atoms with Gasteiger partial charge in [0.2, 0.25) is 0 Å². The van der Waals surface area contributed by atoms with Crippen LogP contribution in [0.5, 0.6) is 5.75 Å². The fourth-order valence-electron chi connectivity index (χ4n) is 3.92. The highest BCUT2D eigenvalue weighted by molar-refractivity contribution is 5.94. The van der Waals surface area contributed by atoms with Crippen molar-refractivity contribution < 1.29 is 9.53 Å². The maximum absolute atomic E-state index is 12.9. The normalized spacial score (nSPS) is 11.0. The Balaban J connectivity index is 1.28. The van der Waals surface area contributed by atoms with E-state index in [1.54, 1.807) is 17.0 Å². The van der Waals surface area contributed by atoms with Gasteiger partial charge in [-0.25, -0.2) is 10.1 Å². The molecule has 0 fully saturated rings. The molecule has 188 valence electrons. The van der Waals surface area contributed by atoms with Gasteiger partial charge in [-0.15, -0.1) is 0 Å². The molecule has 1 heterocycles. The van der Waals surface area contributed by atoms with Gasteiger partial charge in [-0.05, 0) is 67.4 Å². The topological polar surface area (TPSA) is 68.5 Å². The summed E-state index contributed by atoms with van der Waals surface area (Å²) >= 11 is 0. The van der Waals surface area contributed by atoms with E-state index < -0.39 is 0 Å². The van der Waals surface area contributed by atoms with Crippen LogP contribution in [-0.4, -0.2) is 21.9 Å². The first-order valence-electron chi connectivity index (χ1n) is 12.4. The number of nitrogens with zero attached hydrogens (tertiary/aromatic N) is 3. The maximum atomic E-state index is 12.9. The SMILES string of the molecule is Cc1ccc(-c2cc(C(=O)N/N=C\c3ccc(OCc4ccccc4)cc3)nn2-c2ccc(C)cc2)cc1. The molecule has 5 aromatic rings. The maximum Gasteiger partial charge on any atom is 0.291 e. The molecule has 0 bridgehead atoms. The number of aromatic nitrogens is 2. The molecule has 0 aliphatic carbocycles. The molecule has 0 saturated carbocycles. The minimum atomic E-state index is -0.386. The summed E-state index contributed by atoms with van der Waals surface area (Å²) in [6, 6.07) is 35.5. The van der Waals surface area contributed by atoms with Gasteiger partial charge < -0.3 is 4.74 Å². The van der Waals surface area contributed by atoms with Crippen molar-refractivity contribution in [3.8, 4) is 22.7 Å². The standard InChI is InChI=1S/C32H28N4O2/c1-23-8-14-27(15-9-23)31-20-30(35-36(31)28-16-10-24(2)11-17-28)32(37)34-33-21-25-12-18-29(19-13-25)38-22-26-6-4-3-5-7-26/h3-21H,22H2,1-2H3,(H,34,37)/b33-21-. The molecular weight excluding hydrogens is 472 g/mol. The van der Waals surface area contributed by atoms with Gasteiger partial charge in [-0.2, -0.15) is 10.2 Å². The third-order valence-corrected chi connectivity index (χ3v) is 6.08. The lowest BCUT2D eigenvalue weighted by Gasteiger charge is -2.08. The molecule has 0 aliphatic heterocycles. The summed E-state index contributed by atoms with van der Waals surface area (Å²) in [5, 5.41) is 8.74. The molecule has 1 aromatic heterocycles. The number of rotatable bonds is 8. The predicted molar refractivity (Wildman–Crippen MR) is 151 cm³/mol. The van der Waals surface area contributed by atoms with E-state index in [-0.39, 0.29) is 11.6 Å². The van der Waals surface area contributed by atoms with Crippen LogP contribution in [0.1, 0.15) is 32.7 Å². The molecule has 0 saturated heterocycles. The van der Waals surface area contributed by atoms with Gasteiger partial charge in [0.05, 0.1) is 17.6 Å². The van der Waals surface area contributed by atoms with Crippen molar-refractivity contribution >= 4 is 12.1 Å². The number of amides is 1. The van der Waals surface area contributed by atoms with E-state index in [0.717, 1.165) is 39.4 Å². The van der Waals surface area contributed by atoms with Crippen LogP contribution in [0.4, 0.5) is 0 Å². The number of ether oxygens (including phenoxy) is 1. The van der Waals surface area contributed by atoms with Crippen molar-refractivity contribution in [2.75, 3.05) is 0 Å². The molecule has 6 nitrogen and oxygen atoms in total. The average Bonchev–Trinajstić information content (AvgIpc) is 3.40. The van der Waals surface area contributed by atoms with Crippen LogP contribution in [-0.2, 0) is 6.61 Å². The molecule has 6 heteroatoms. The molecule has 4 aromatic carbocycles. The van der Waals surface area contributed by atoms with E-state index in [9.17, 15) is 4.79 Å². The third kappa shape index (κ3) is 6.05. The van der Waals surface area contributed by atoms with Gasteiger partial charge >= 0.3 is 0 Å². The number of hydrogen-bond acceptors (Lipinski definition) is 4. The fraction of sp³-hybridized carbons (Fsp3) is 0.0938. The lowest BCUT2D eigenvalue weighted by Crippen LogP contribution is -2.18. The first kappa shape index (κ1) is 24.7. The second-order valence-electron chi connectivity index (χ2n) is 9.07. The summed E-state index contributed by atoms with van der Waals surface area (Å²) < 4.78 is 7.61. The molecule has 0 spiro atoms. The number of aryl methyl sites for hydroxylation is 2. The second-order valence-corrected chi connectivity index (χ2v) is 9.07. The highest BCUT2D eigenvalue weighted by atomic mass is 16.5. The van der Waals surface area contributed by atoms with Crippen LogP contribution in [0.3, 0.4) is 0 Å². The number of carbonyl (C=O) groups is 1. The average molecular weight is 501 g/mol. The molecule has 0 atom stereocenters. The number of nitrogens with one attached hydrogen (secondary N) is 1. The van der Waals surface area contributed by atoms with E-state index >= 15 is 0 Å². The summed E-state index contributed by atoms with van der Waals surface area (Å²) in [6.45, 7) is 4.59. The van der Waals surface area contributed by atoms with Crippen molar-refractivity contribution in [3.63, 3.8) is 0 Å². The Labute approximate surface area is 222 Å². The Kier molecular flexibility index (Phi) is 7.41. The first-order valence-corrected chi connectivity index (χ1v) is 12.4. The third-order valence-electron chi connectivity index (χ3n) is 6.08. The molecule has 1 amide bonds. The van der Waals surface area contributed by atoms with Gasteiger partial charge in [0.25, 0.3) is 5.91 Å². The van der Waals surface area contributed by atoms with Crippen molar-refractivity contribution in [3.05, 3.63) is 137 Å². The minimum absolute atomic E-state index is 0.281. The van der Waals surface area contributed by atoms with Gasteiger partial charge in [-0.1, -0.05) is 77.9 Å². The zero-order chi connectivity index (χ0) is 26.3. The Morgan fingerprint density at radius 1 is 0.868 bits per heavy atom. The first-order chi connectivity index (χ1) is 18.5. The summed E-state index contributed by atoms with van der Waals surface area (Å²) in [5.74, 6) is 0.378. The molecule has 0 unspecified atom stereocenters. The van der Waals surface area contributed by atoms with E-state index in [1.807, 2.05) is 117 Å². The Morgan fingerprint density at radius 3 is 2.21 bits per heavy atom. The van der Waals surface area contributed by atoms with Crippen LogP contribution in [0.2, 0.25) is 0 Å². The summed E-state index contributed by atoms with van der Waals surface area (Å²) in [4.78, 5) is 12.9. The monoisotopic (exact) mass is 500 g/mol. The highest BCUT2D eigenvalue weighted by Crippen LogP contribution is 2.25. The molecule has 1 N–H and O–H groups in total. The molecule has 0 radical (unpaired) electrons. The fourth-order valence-corrected chi connectivity index (χ4v) is 3.92. The van der Waals surface area contributed by atoms with Crippen molar-refractivity contribution in [2.24, 2.45) is 5.10 Å². The zero-order valence-electron chi connectivity index (χ0n) is 21.3. The Bertz CT molecular complexity index is 1470. The Morgan fingerprint density at radius 2 is 1.53 bits per heavy atom. The summed E-state index contributed by atoms with van der Waals surface area (Å²) in [6.07, 6.45) is 1.59. The van der Waals surface area contributed by atoms with Gasteiger partial charge in [0, 0.05) is 5.56 Å². The number of hydrazone groups is 1. The predicted octanol–water partition coefficient (Wildman–Crippen LogP) is 6.50. The quantitative estimate of drug-likeness (QED) is 0.195. The van der Waals surface area contributed by atoms with Gasteiger partial charge in [0.1, 0.15) is 12.4 Å². The molecule has 0 aliphatic rings. The van der Waals surface area contributed by atoms with E-state index in [0.29, 0.717) is 6.61 Å². The van der Waals surface area contributed by atoms with Crippen LogP contribution in [0.15, 0.2) is 114 Å². The van der Waals surface area contributed by atoms with Crippen LogP contribution in [0, 0.1) is 13.8 Å². The zero-order valence-corrected chi connectivity index (χ0v) is 21.3. The molecule has 5 rings (SSSR count). The van der Waals surface area contributed by atoms with Crippen molar-refractivity contribution in [2.45, 2.75) is 20.5 Å². The largest absolute Gasteiger partial charge is 0.489 e. The highest BCUT2D eigenvalue weighted by Gasteiger charge is 2.16. The second kappa shape index (κ2) is 11.4. The lowest BCUT2D eigenvalue weighted by molar-refractivity contribution is 0.0949. The summed E-state index contributed by atoms with van der Waals surface area (Å²) in [7, 11) is 0. The van der Waals surface area contributed by atoms with Crippen molar-refractivity contribution in [1.82, 2.24) is 15.2 Å². The number of carbonyl (C=O) groups excluding carboxylic acids is 1. The lowest BCUT2D eigenvalue weighted by atomic mass is 10.1. The van der Waals surface area contributed by atoms with Crippen molar-refractivity contribution in [1.29, 1.82) is 0 Å². The van der Waals surface area contributed by atoms with E-state index in [1.165, 1.54) is 5.56 Å². The Hall–Kier alpha value is -4.97. The smallest absolute Gasteiger partial charge is 0.291 e. The molecule has 38 heavy (non-hydrogen) atoms. The molecular formula is C32H28N4O2. The van der Waals surface area contributed by atoms with Crippen LogP contribution in [0.25, 0.3) is 16.9 Å². The number of hydrogen-bond donors (Lipinski definition) is 1. The van der Waals surface area contributed by atoms with Crippen LogP contribution >= 0.6 is 0 Å². The van der Waals surface area contributed by atoms with Gasteiger partial charge in [0.15, 0.2) is 5.69 Å².